The summed E-state index contributed by atoms with van der Waals surface area (Å²) in [5.74, 6) is -0.879. The van der Waals surface area contributed by atoms with E-state index in [0.29, 0.717) is 10.6 Å². The van der Waals surface area contributed by atoms with E-state index >= 15 is 0 Å². The normalized spacial score (nSPS) is 12.8. The maximum absolute atomic E-state index is 12.5. The highest BCUT2D eigenvalue weighted by Gasteiger charge is 2.28. The zero-order valence-electron chi connectivity index (χ0n) is 12.2. The van der Waals surface area contributed by atoms with Crippen LogP contribution in [-0.4, -0.2) is 19.0 Å². The number of halogens is 2. The second-order valence-electron chi connectivity index (χ2n) is 5.10. The molecule has 1 aliphatic carbocycles. The number of nitrogens with one attached hydrogen (secondary N) is 1. The number of ether oxygens (including phenoxy) is 1. The number of hydrogen-bond acceptors (Lipinski definition) is 4. The van der Waals surface area contributed by atoms with Gasteiger partial charge < -0.3 is 10.1 Å². The van der Waals surface area contributed by atoms with Gasteiger partial charge in [0, 0.05) is 4.88 Å². The quantitative estimate of drug-likeness (QED) is 0.805. The van der Waals surface area contributed by atoms with Crippen LogP contribution in [0.15, 0.2) is 18.2 Å². The number of hydrogen-bond donors (Lipinski definition) is 1. The highest BCUT2D eigenvalue weighted by Crippen LogP contribution is 2.40. The van der Waals surface area contributed by atoms with Crippen LogP contribution in [0.4, 0.5) is 5.00 Å². The van der Waals surface area contributed by atoms with Crippen LogP contribution in [0.2, 0.25) is 10.0 Å². The fourth-order valence-corrected chi connectivity index (χ4v) is 4.53. The summed E-state index contributed by atoms with van der Waals surface area (Å²) in [6, 6.07) is 4.86. The van der Waals surface area contributed by atoms with E-state index in [9.17, 15) is 9.59 Å². The van der Waals surface area contributed by atoms with Gasteiger partial charge in [0.1, 0.15) is 5.00 Å². The Bertz CT molecular complexity index is 781. The summed E-state index contributed by atoms with van der Waals surface area (Å²) < 4.78 is 4.86. The van der Waals surface area contributed by atoms with Gasteiger partial charge in [-0.3, -0.25) is 4.79 Å². The second kappa shape index (κ2) is 6.51. The van der Waals surface area contributed by atoms with Crippen molar-refractivity contribution in [3.05, 3.63) is 49.8 Å². The molecule has 7 heteroatoms. The predicted octanol–water partition coefficient (Wildman–Crippen LogP) is 4.58. The number of benzene rings is 1. The standard InChI is InChI=1S/C16H13Cl2NO3S/c1-22-16(21)12-8-4-2-7-11(8)23-15(12)19-14(20)13-9(17)5-3-6-10(13)18/h3,5-6H,2,4,7H2,1H3,(H,19,20). The molecule has 1 N–H and O–H groups in total. The number of thiophene rings is 1. The number of carbonyl (C=O) groups is 2. The van der Waals surface area contributed by atoms with E-state index in [1.807, 2.05) is 0 Å². The van der Waals surface area contributed by atoms with Crippen molar-refractivity contribution < 1.29 is 14.3 Å². The zero-order chi connectivity index (χ0) is 16.6. The molecule has 1 aromatic heterocycles. The van der Waals surface area contributed by atoms with E-state index < -0.39 is 11.9 Å². The van der Waals surface area contributed by atoms with Crippen molar-refractivity contribution in [2.75, 3.05) is 12.4 Å². The number of methoxy groups -OCH3 is 1. The van der Waals surface area contributed by atoms with Gasteiger partial charge in [0.25, 0.3) is 5.91 Å². The number of carbonyl (C=O) groups excluding carboxylic acids is 2. The molecule has 23 heavy (non-hydrogen) atoms. The molecule has 3 rings (SSSR count). The maximum atomic E-state index is 12.5. The van der Waals surface area contributed by atoms with Crippen LogP contribution in [0.1, 0.15) is 37.6 Å². The zero-order valence-corrected chi connectivity index (χ0v) is 14.6. The summed E-state index contributed by atoms with van der Waals surface area (Å²) in [4.78, 5) is 25.7. The Morgan fingerprint density at radius 3 is 2.52 bits per heavy atom. The lowest BCUT2D eigenvalue weighted by atomic mass is 10.1. The minimum absolute atomic E-state index is 0.195. The Balaban J connectivity index is 1.98. The third kappa shape index (κ3) is 2.96. The van der Waals surface area contributed by atoms with Crippen molar-refractivity contribution in [2.45, 2.75) is 19.3 Å². The summed E-state index contributed by atoms with van der Waals surface area (Å²) in [5.41, 5.74) is 1.61. The summed E-state index contributed by atoms with van der Waals surface area (Å²) >= 11 is 13.5. The topological polar surface area (TPSA) is 55.4 Å². The molecule has 2 aromatic rings. The van der Waals surface area contributed by atoms with E-state index in [0.717, 1.165) is 29.7 Å². The average Bonchev–Trinajstić information content (AvgIpc) is 3.06. The summed E-state index contributed by atoms with van der Waals surface area (Å²) in [6.45, 7) is 0. The van der Waals surface area contributed by atoms with Crippen LogP contribution >= 0.6 is 34.5 Å². The molecule has 0 atom stereocenters. The van der Waals surface area contributed by atoms with Gasteiger partial charge in [-0.15, -0.1) is 11.3 Å². The molecule has 0 saturated carbocycles. The van der Waals surface area contributed by atoms with Gasteiger partial charge in [-0.1, -0.05) is 29.3 Å². The molecule has 1 heterocycles. The number of rotatable bonds is 3. The molecule has 1 aromatic carbocycles. The van der Waals surface area contributed by atoms with Crippen LogP contribution in [0.5, 0.6) is 0 Å². The van der Waals surface area contributed by atoms with Gasteiger partial charge in [0.05, 0.1) is 28.3 Å². The molecular formula is C16H13Cl2NO3S. The van der Waals surface area contributed by atoms with E-state index in [2.05, 4.69) is 5.32 Å². The Morgan fingerprint density at radius 2 is 1.87 bits per heavy atom. The third-order valence-electron chi connectivity index (χ3n) is 3.73. The highest BCUT2D eigenvalue weighted by atomic mass is 35.5. The van der Waals surface area contributed by atoms with Crippen LogP contribution in [0, 0.1) is 0 Å². The highest BCUT2D eigenvalue weighted by molar-refractivity contribution is 7.17. The molecule has 1 aliphatic rings. The van der Waals surface area contributed by atoms with Crippen molar-refractivity contribution in [1.82, 2.24) is 0 Å². The molecule has 0 bridgehead atoms. The molecule has 1 amide bonds. The van der Waals surface area contributed by atoms with E-state index in [-0.39, 0.29) is 15.6 Å². The summed E-state index contributed by atoms with van der Waals surface area (Å²) in [6.07, 6.45) is 2.74. The molecule has 0 aliphatic heterocycles. The molecule has 0 radical (unpaired) electrons. The second-order valence-corrected chi connectivity index (χ2v) is 7.02. The molecule has 0 saturated heterocycles. The fraction of sp³-hybridized carbons (Fsp3) is 0.250. The van der Waals surface area contributed by atoms with Crippen LogP contribution in [0.25, 0.3) is 0 Å². The first kappa shape index (κ1) is 16.3. The van der Waals surface area contributed by atoms with Crippen molar-refractivity contribution in [2.24, 2.45) is 0 Å². The SMILES string of the molecule is COC(=O)c1c(NC(=O)c2c(Cl)cccc2Cl)sc2c1CCC2. The van der Waals surface area contributed by atoms with Crippen molar-refractivity contribution in [3.63, 3.8) is 0 Å². The number of amides is 1. The first-order valence-corrected chi connectivity index (χ1v) is 8.58. The minimum Gasteiger partial charge on any atom is -0.465 e. The van der Waals surface area contributed by atoms with Crippen molar-refractivity contribution >= 4 is 51.4 Å². The van der Waals surface area contributed by atoms with Crippen LogP contribution < -0.4 is 5.32 Å². The first-order valence-electron chi connectivity index (χ1n) is 7.01. The van der Waals surface area contributed by atoms with Gasteiger partial charge >= 0.3 is 5.97 Å². The Labute approximate surface area is 147 Å². The van der Waals surface area contributed by atoms with Crippen LogP contribution in [0.3, 0.4) is 0 Å². The van der Waals surface area contributed by atoms with Crippen molar-refractivity contribution in [3.8, 4) is 0 Å². The summed E-state index contributed by atoms with van der Waals surface area (Å²) in [7, 11) is 1.33. The first-order chi connectivity index (χ1) is 11.0. The predicted molar refractivity (Wildman–Crippen MR) is 92.1 cm³/mol. The maximum Gasteiger partial charge on any atom is 0.341 e. The largest absolute Gasteiger partial charge is 0.465 e. The van der Waals surface area contributed by atoms with E-state index in [1.54, 1.807) is 18.2 Å². The molecule has 0 spiro atoms. The number of esters is 1. The molecule has 120 valence electrons. The lowest BCUT2D eigenvalue weighted by Gasteiger charge is -2.09. The number of fused-ring (bicyclic) bond motifs is 1. The third-order valence-corrected chi connectivity index (χ3v) is 5.56. The smallest absolute Gasteiger partial charge is 0.341 e. The molecule has 0 unspecified atom stereocenters. The fourth-order valence-electron chi connectivity index (χ4n) is 2.69. The Morgan fingerprint density at radius 1 is 1.17 bits per heavy atom. The van der Waals surface area contributed by atoms with Crippen molar-refractivity contribution in [1.29, 1.82) is 0 Å². The Kier molecular flexibility index (Phi) is 4.62. The van der Waals surface area contributed by atoms with Gasteiger partial charge in [0.15, 0.2) is 0 Å². The van der Waals surface area contributed by atoms with E-state index in [1.165, 1.54) is 18.4 Å². The van der Waals surface area contributed by atoms with Gasteiger partial charge in [0.2, 0.25) is 0 Å². The summed E-state index contributed by atoms with van der Waals surface area (Å²) in [5, 5.41) is 3.78. The van der Waals surface area contributed by atoms with E-state index in [4.69, 9.17) is 27.9 Å². The lowest BCUT2D eigenvalue weighted by Crippen LogP contribution is -2.15. The van der Waals surface area contributed by atoms with Gasteiger partial charge in [-0.25, -0.2) is 4.79 Å². The Hall–Kier alpha value is -1.56. The molecule has 0 fully saturated rings. The minimum atomic E-state index is -0.440. The lowest BCUT2D eigenvalue weighted by molar-refractivity contribution is 0.0601. The monoisotopic (exact) mass is 369 g/mol. The average molecular weight is 370 g/mol. The van der Waals surface area contributed by atoms with Crippen LogP contribution in [-0.2, 0) is 17.6 Å². The number of aryl methyl sites for hydroxylation is 1. The molecular weight excluding hydrogens is 357 g/mol. The van der Waals surface area contributed by atoms with Gasteiger partial charge in [-0.2, -0.15) is 0 Å². The van der Waals surface area contributed by atoms with Gasteiger partial charge in [-0.05, 0) is 37.0 Å². The number of anilines is 1. The molecule has 4 nitrogen and oxygen atoms in total.